The lowest BCUT2D eigenvalue weighted by Gasteiger charge is -2.00. The van der Waals surface area contributed by atoms with Gasteiger partial charge in [0, 0.05) is 6.08 Å². The van der Waals surface area contributed by atoms with E-state index < -0.39 is 11.9 Å². The molecule has 0 spiro atoms. The molecule has 0 saturated carbocycles. The molecule has 0 N–H and O–H groups in total. The van der Waals surface area contributed by atoms with Crippen molar-refractivity contribution in [3.63, 3.8) is 0 Å². The van der Waals surface area contributed by atoms with E-state index in [1.54, 1.807) is 54.6 Å². The van der Waals surface area contributed by atoms with Gasteiger partial charge in [-0.3, -0.25) is 0 Å². The molecule has 0 saturated heterocycles. The molecule has 0 unspecified atom stereocenters. The fourth-order valence-electron chi connectivity index (χ4n) is 2.25. The first-order valence-corrected chi connectivity index (χ1v) is 8.55. The van der Waals surface area contributed by atoms with E-state index in [4.69, 9.17) is 20.8 Å². The zero-order valence-corrected chi connectivity index (χ0v) is 15.6. The number of aromatic nitrogens is 2. The molecule has 7 nitrogen and oxygen atoms in total. The van der Waals surface area contributed by atoms with Gasteiger partial charge in [-0.2, -0.15) is 0 Å². The Kier molecular flexibility index (Phi) is 6.18. The molecule has 0 fully saturated rings. The SMILES string of the molecule is COC(=O)c1ccc(C=CC(=O)OCc2nnc(-c3ccccc3Cl)o2)cc1. The van der Waals surface area contributed by atoms with E-state index in [1.807, 2.05) is 0 Å². The predicted molar refractivity (Wildman–Crippen MR) is 101 cm³/mol. The Hall–Kier alpha value is -3.45. The number of rotatable bonds is 6. The number of esters is 2. The third-order valence-electron chi connectivity index (χ3n) is 3.65. The third kappa shape index (κ3) is 4.83. The quantitative estimate of drug-likeness (QED) is 0.458. The number of methoxy groups -OCH3 is 1. The molecule has 0 radical (unpaired) electrons. The van der Waals surface area contributed by atoms with Crippen molar-refractivity contribution in [1.29, 1.82) is 0 Å². The van der Waals surface area contributed by atoms with Gasteiger partial charge in [0.15, 0.2) is 6.61 Å². The van der Waals surface area contributed by atoms with E-state index >= 15 is 0 Å². The number of carbonyl (C=O) groups is 2. The van der Waals surface area contributed by atoms with Gasteiger partial charge in [-0.05, 0) is 35.9 Å². The van der Waals surface area contributed by atoms with Crippen LogP contribution >= 0.6 is 11.6 Å². The summed E-state index contributed by atoms with van der Waals surface area (Å²) in [5.74, 6) is -0.600. The lowest BCUT2D eigenvalue weighted by Crippen LogP contribution is -2.01. The molecule has 1 aromatic heterocycles. The van der Waals surface area contributed by atoms with E-state index in [0.29, 0.717) is 16.1 Å². The minimum absolute atomic E-state index is 0.152. The molecule has 0 aliphatic rings. The molecule has 1 heterocycles. The largest absolute Gasteiger partial charge is 0.465 e. The average Bonchev–Trinajstić information content (AvgIpc) is 3.19. The summed E-state index contributed by atoms with van der Waals surface area (Å²) in [4.78, 5) is 23.2. The van der Waals surface area contributed by atoms with Crippen molar-refractivity contribution in [2.45, 2.75) is 6.61 Å². The summed E-state index contributed by atoms with van der Waals surface area (Å²) in [7, 11) is 1.31. The summed E-state index contributed by atoms with van der Waals surface area (Å²) in [5, 5.41) is 8.22. The van der Waals surface area contributed by atoms with Gasteiger partial charge in [-0.1, -0.05) is 35.9 Å². The zero-order valence-electron chi connectivity index (χ0n) is 14.8. The highest BCUT2D eigenvalue weighted by Crippen LogP contribution is 2.26. The van der Waals surface area contributed by atoms with E-state index in [9.17, 15) is 9.59 Å². The van der Waals surface area contributed by atoms with Gasteiger partial charge in [-0.15, -0.1) is 10.2 Å². The molecule has 0 amide bonds. The average molecular weight is 399 g/mol. The van der Waals surface area contributed by atoms with Crippen LogP contribution in [0.25, 0.3) is 17.5 Å². The second kappa shape index (κ2) is 8.96. The normalized spacial score (nSPS) is 10.8. The Labute approximate surface area is 165 Å². The Balaban J connectivity index is 1.55. The molecular weight excluding hydrogens is 384 g/mol. The van der Waals surface area contributed by atoms with Crippen LogP contribution in [0.5, 0.6) is 0 Å². The highest BCUT2D eigenvalue weighted by atomic mass is 35.5. The molecule has 0 atom stereocenters. The highest BCUT2D eigenvalue weighted by Gasteiger charge is 2.12. The molecule has 0 bridgehead atoms. The second-order valence-corrected chi connectivity index (χ2v) is 5.94. The van der Waals surface area contributed by atoms with E-state index in [2.05, 4.69) is 14.9 Å². The first-order chi connectivity index (χ1) is 13.6. The number of halogens is 1. The number of hydrogen-bond donors (Lipinski definition) is 0. The number of carbonyl (C=O) groups excluding carboxylic acids is 2. The molecule has 3 aromatic rings. The molecule has 0 aliphatic carbocycles. The van der Waals surface area contributed by atoms with Gasteiger partial charge in [0.25, 0.3) is 5.89 Å². The van der Waals surface area contributed by atoms with Gasteiger partial charge < -0.3 is 13.9 Å². The molecule has 3 rings (SSSR count). The molecular formula is C20H15ClN2O5. The van der Waals surface area contributed by atoms with Crippen LogP contribution in [0.1, 0.15) is 21.8 Å². The summed E-state index contributed by atoms with van der Waals surface area (Å²) in [5.41, 5.74) is 1.75. The zero-order chi connectivity index (χ0) is 19.9. The monoisotopic (exact) mass is 398 g/mol. The van der Waals surface area contributed by atoms with Gasteiger partial charge in [0.05, 0.1) is 23.3 Å². The number of benzene rings is 2. The van der Waals surface area contributed by atoms with Crippen LogP contribution in [0.2, 0.25) is 5.02 Å². The van der Waals surface area contributed by atoms with Crippen molar-refractivity contribution < 1.29 is 23.5 Å². The molecule has 142 valence electrons. The summed E-state index contributed by atoms with van der Waals surface area (Å²) in [6.45, 7) is -0.165. The van der Waals surface area contributed by atoms with Crippen molar-refractivity contribution in [3.05, 3.63) is 76.6 Å². The Morgan fingerprint density at radius 1 is 1.11 bits per heavy atom. The predicted octanol–water partition coefficient (Wildman–Crippen LogP) is 3.93. The van der Waals surface area contributed by atoms with Crippen molar-refractivity contribution in [1.82, 2.24) is 10.2 Å². The Morgan fingerprint density at radius 2 is 1.86 bits per heavy atom. The van der Waals surface area contributed by atoms with E-state index in [1.165, 1.54) is 13.2 Å². The molecule has 0 aliphatic heterocycles. The van der Waals surface area contributed by atoms with E-state index in [0.717, 1.165) is 5.56 Å². The van der Waals surface area contributed by atoms with Crippen molar-refractivity contribution in [2.24, 2.45) is 0 Å². The third-order valence-corrected chi connectivity index (χ3v) is 3.98. The number of ether oxygens (including phenoxy) is 2. The van der Waals surface area contributed by atoms with Gasteiger partial charge in [-0.25, -0.2) is 9.59 Å². The first-order valence-electron chi connectivity index (χ1n) is 8.17. The van der Waals surface area contributed by atoms with Crippen molar-refractivity contribution in [3.8, 4) is 11.5 Å². The molecule has 28 heavy (non-hydrogen) atoms. The number of hydrogen-bond acceptors (Lipinski definition) is 7. The summed E-state index contributed by atoms with van der Waals surface area (Å²) in [6, 6.07) is 13.6. The standard InChI is InChI=1S/C20H15ClN2O5/c1-26-20(25)14-9-6-13(7-10-14)8-11-18(24)27-12-17-22-23-19(28-17)15-4-2-3-5-16(15)21/h2-11H,12H2,1H3. The summed E-state index contributed by atoms with van der Waals surface area (Å²) >= 11 is 6.08. The second-order valence-electron chi connectivity index (χ2n) is 5.54. The fraction of sp³-hybridized carbons (Fsp3) is 0.100. The molecule has 2 aromatic carbocycles. The highest BCUT2D eigenvalue weighted by molar-refractivity contribution is 6.33. The minimum Gasteiger partial charge on any atom is -0.465 e. The first kappa shape index (κ1) is 19.3. The topological polar surface area (TPSA) is 91.5 Å². The van der Waals surface area contributed by atoms with Crippen LogP contribution < -0.4 is 0 Å². The summed E-state index contributed by atoms with van der Waals surface area (Å²) < 4.78 is 15.2. The van der Waals surface area contributed by atoms with Crippen molar-refractivity contribution in [2.75, 3.05) is 7.11 Å². The maximum Gasteiger partial charge on any atom is 0.337 e. The number of nitrogens with zero attached hydrogens (tertiary/aromatic N) is 2. The van der Waals surface area contributed by atoms with Crippen LogP contribution in [0.4, 0.5) is 0 Å². The Morgan fingerprint density at radius 3 is 2.57 bits per heavy atom. The van der Waals surface area contributed by atoms with Gasteiger partial charge in [0.2, 0.25) is 5.89 Å². The van der Waals surface area contributed by atoms with Gasteiger partial charge in [0.1, 0.15) is 0 Å². The summed E-state index contributed by atoms with van der Waals surface area (Å²) in [6.07, 6.45) is 2.82. The lowest BCUT2D eigenvalue weighted by atomic mass is 10.1. The van der Waals surface area contributed by atoms with Crippen molar-refractivity contribution >= 4 is 29.6 Å². The van der Waals surface area contributed by atoms with Gasteiger partial charge >= 0.3 is 11.9 Å². The van der Waals surface area contributed by atoms with E-state index in [-0.39, 0.29) is 18.4 Å². The minimum atomic E-state index is -0.575. The van der Waals surface area contributed by atoms with Crippen LogP contribution in [-0.2, 0) is 20.9 Å². The fourth-order valence-corrected chi connectivity index (χ4v) is 2.47. The lowest BCUT2D eigenvalue weighted by molar-refractivity contribution is -0.139. The Bertz CT molecular complexity index is 1010. The smallest absolute Gasteiger partial charge is 0.337 e. The van der Waals surface area contributed by atoms with Crippen LogP contribution in [0, 0.1) is 0 Å². The maximum atomic E-state index is 11.8. The maximum absolute atomic E-state index is 11.8. The van der Waals surface area contributed by atoms with Crippen LogP contribution in [0.15, 0.2) is 59.0 Å². The van der Waals surface area contributed by atoms with Crippen LogP contribution in [0.3, 0.4) is 0 Å². The van der Waals surface area contributed by atoms with Crippen LogP contribution in [-0.4, -0.2) is 29.2 Å². The molecule has 8 heteroatoms.